The van der Waals surface area contributed by atoms with Crippen LogP contribution in [-0.2, 0) is 0 Å². The van der Waals surface area contributed by atoms with E-state index in [0.29, 0.717) is 17.2 Å². The molecule has 118 valence electrons. The van der Waals surface area contributed by atoms with Gasteiger partial charge >= 0.3 is 0 Å². The zero-order chi connectivity index (χ0) is 16.0. The number of nitro benzene ring substituents is 1. The highest BCUT2D eigenvalue weighted by atomic mass is 16.6. The van der Waals surface area contributed by atoms with Gasteiger partial charge in [0.05, 0.1) is 25.2 Å². The number of methoxy groups -OCH3 is 2. The molecular weight excluding hydrogens is 274 g/mol. The summed E-state index contributed by atoms with van der Waals surface area (Å²) in [6.45, 7) is 2.89. The summed E-state index contributed by atoms with van der Waals surface area (Å²) in [4.78, 5) is 12.8. The summed E-state index contributed by atoms with van der Waals surface area (Å²) in [6, 6.07) is 3.08. The molecule has 1 N–H and O–H groups in total. The van der Waals surface area contributed by atoms with Gasteiger partial charge in [0.2, 0.25) is 0 Å². The monoisotopic (exact) mass is 297 g/mol. The number of hydrogen-bond acceptors (Lipinski definition) is 6. The second-order valence-electron chi connectivity index (χ2n) is 5.12. The molecule has 0 aromatic heterocycles. The Hall–Kier alpha value is -2.02. The van der Waals surface area contributed by atoms with Crippen molar-refractivity contribution in [1.29, 1.82) is 0 Å². The van der Waals surface area contributed by atoms with Gasteiger partial charge in [-0.1, -0.05) is 0 Å². The largest absolute Gasteiger partial charge is 0.493 e. The van der Waals surface area contributed by atoms with Crippen molar-refractivity contribution in [3.63, 3.8) is 0 Å². The molecule has 0 aliphatic carbocycles. The summed E-state index contributed by atoms with van der Waals surface area (Å²) in [7, 11) is 6.94. The summed E-state index contributed by atoms with van der Waals surface area (Å²) in [5.74, 6) is 0.807. The highest BCUT2D eigenvalue weighted by Crippen LogP contribution is 2.37. The van der Waals surface area contributed by atoms with E-state index in [4.69, 9.17) is 9.47 Å². The molecule has 0 bridgehead atoms. The summed E-state index contributed by atoms with van der Waals surface area (Å²) < 4.78 is 10.3. The Bertz CT molecular complexity index is 491. The molecule has 7 heteroatoms. The highest BCUT2D eigenvalue weighted by Gasteiger charge is 2.20. The van der Waals surface area contributed by atoms with E-state index in [1.54, 1.807) is 6.07 Å². The number of anilines is 1. The molecule has 0 saturated carbocycles. The fraction of sp³-hybridized carbons (Fsp3) is 0.571. The van der Waals surface area contributed by atoms with Crippen LogP contribution < -0.4 is 14.8 Å². The first-order valence-corrected chi connectivity index (χ1v) is 6.70. The number of benzene rings is 1. The average Bonchev–Trinajstić information content (AvgIpc) is 2.44. The van der Waals surface area contributed by atoms with Crippen LogP contribution in [0.25, 0.3) is 0 Å². The number of nitrogens with one attached hydrogen (secondary N) is 1. The fourth-order valence-electron chi connectivity index (χ4n) is 1.92. The molecule has 0 radical (unpaired) electrons. The molecule has 21 heavy (non-hydrogen) atoms. The summed E-state index contributed by atoms with van der Waals surface area (Å²) in [5, 5.41) is 14.4. The van der Waals surface area contributed by atoms with Crippen LogP contribution in [0.4, 0.5) is 11.4 Å². The second kappa shape index (κ2) is 7.68. The van der Waals surface area contributed by atoms with E-state index >= 15 is 0 Å². The Kier molecular flexibility index (Phi) is 6.23. The average molecular weight is 297 g/mol. The normalized spacial score (nSPS) is 12.1. The van der Waals surface area contributed by atoms with Crippen molar-refractivity contribution >= 4 is 11.4 Å². The first-order valence-electron chi connectivity index (χ1n) is 6.70. The SMILES string of the molecule is COc1cc(NC(C)CCN(C)C)c([N+](=O)[O-])cc1OC. The third-order valence-corrected chi connectivity index (χ3v) is 3.11. The Morgan fingerprint density at radius 3 is 2.33 bits per heavy atom. The zero-order valence-electron chi connectivity index (χ0n) is 13.2. The van der Waals surface area contributed by atoms with Gasteiger partial charge in [-0.05, 0) is 34.0 Å². The van der Waals surface area contributed by atoms with Gasteiger partial charge in [-0.25, -0.2) is 0 Å². The van der Waals surface area contributed by atoms with Crippen LogP contribution in [0.5, 0.6) is 11.5 Å². The van der Waals surface area contributed by atoms with Gasteiger partial charge < -0.3 is 19.7 Å². The number of hydrogen-bond donors (Lipinski definition) is 1. The summed E-state index contributed by atoms with van der Waals surface area (Å²) in [6.07, 6.45) is 0.874. The van der Waals surface area contributed by atoms with E-state index in [-0.39, 0.29) is 11.7 Å². The number of nitrogens with zero attached hydrogens (tertiary/aromatic N) is 2. The maximum atomic E-state index is 11.2. The molecule has 1 rings (SSSR count). The third-order valence-electron chi connectivity index (χ3n) is 3.11. The van der Waals surface area contributed by atoms with Crippen LogP contribution in [0.1, 0.15) is 13.3 Å². The molecule has 0 fully saturated rings. The smallest absolute Gasteiger partial charge is 0.296 e. The van der Waals surface area contributed by atoms with Crippen molar-refractivity contribution in [2.45, 2.75) is 19.4 Å². The molecule has 1 unspecified atom stereocenters. The fourth-order valence-corrected chi connectivity index (χ4v) is 1.92. The van der Waals surface area contributed by atoms with Crippen LogP contribution in [0, 0.1) is 10.1 Å². The second-order valence-corrected chi connectivity index (χ2v) is 5.12. The van der Waals surface area contributed by atoms with Gasteiger partial charge in [-0.3, -0.25) is 10.1 Å². The first kappa shape index (κ1) is 17.0. The minimum absolute atomic E-state index is 0.0237. The van der Waals surface area contributed by atoms with Gasteiger partial charge in [0, 0.05) is 12.1 Å². The lowest BCUT2D eigenvalue weighted by atomic mass is 10.2. The maximum Gasteiger partial charge on any atom is 0.296 e. The molecule has 1 atom stereocenters. The molecule has 0 amide bonds. The van der Waals surface area contributed by atoms with Crippen molar-refractivity contribution in [3.8, 4) is 11.5 Å². The lowest BCUT2D eigenvalue weighted by molar-refractivity contribution is -0.384. The minimum atomic E-state index is -0.428. The van der Waals surface area contributed by atoms with Crippen LogP contribution in [0.3, 0.4) is 0 Å². The van der Waals surface area contributed by atoms with Crippen molar-refractivity contribution in [2.24, 2.45) is 0 Å². The Labute approximate surface area is 125 Å². The predicted molar refractivity (Wildman–Crippen MR) is 82.5 cm³/mol. The molecule has 0 saturated heterocycles. The van der Waals surface area contributed by atoms with E-state index in [0.717, 1.165) is 13.0 Å². The predicted octanol–water partition coefficient (Wildman–Crippen LogP) is 2.36. The lowest BCUT2D eigenvalue weighted by Gasteiger charge is -2.18. The molecule has 0 aliphatic heterocycles. The minimum Gasteiger partial charge on any atom is -0.493 e. The number of rotatable bonds is 8. The van der Waals surface area contributed by atoms with Gasteiger partial charge in [0.15, 0.2) is 11.5 Å². The number of ether oxygens (including phenoxy) is 2. The van der Waals surface area contributed by atoms with Crippen LogP contribution in [-0.4, -0.2) is 50.7 Å². The molecule has 0 aliphatic rings. The molecular formula is C14H23N3O4. The van der Waals surface area contributed by atoms with E-state index in [2.05, 4.69) is 10.2 Å². The zero-order valence-corrected chi connectivity index (χ0v) is 13.2. The van der Waals surface area contributed by atoms with Gasteiger partial charge in [0.1, 0.15) is 5.69 Å². The summed E-state index contributed by atoms with van der Waals surface area (Å²) in [5.41, 5.74) is 0.410. The Morgan fingerprint density at radius 1 is 1.29 bits per heavy atom. The van der Waals surface area contributed by atoms with Gasteiger partial charge in [-0.2, -0.15) is 0 Å². The van der Waals surface area contributed by atoms with Gasteiger partial charge in [-0.15, -0.1) is 0 Å². The van der Waals surface area contributed by atoms with Crippen molar-refractivity contribution in [3.05, 3.63) is 22.2 Å². The van der Waals surface area contributed by atoms with Crippen molar-refractivity contribution in [2.75, 3.05) is 40.2 Å². The molecule has 1 aromatic rings. The van der Waals surface area contributed by atoms with Crippen molar-refractivity contribution in [1.82, 2.24) is 4.90 Å². The van der Waals surface area contributed by atoms with Crippen molar-refractivity contribution < 1.29 is 14.4 Å². The molecule has 0 spiro atoms. The maximum absolute atomic E-state index is 11.2. The van der Waals surface area contributed by atoms with Crippen LogP contribution in [0.2, 0.25) is 0 Å². The highest BCUT2D eigenvalue weighted by molar-refractivity contribution is 5.68. The summed E-state index contributed by atoms with van der Waals surface area (Å²) >= 11 is 0. The Balaban J connectivity index is 3.01. The quantitative estimate of drug-likeness (QED) is 0.586. The standard InChI is InChI=1S/C14H23N3O4/c1-10(6-7-16(2)3)15-11-8-13(20-4)14(21-5)9-12(11)17(18)19/h8-10,15H,6-7H2,1-5H3. The van der Waals surface area contributed by atoms with E-state index in [1.807, 2.05) is 21.0 Å². The molecule has 1 aromatic carbocycles. The lowest BCUT2D eigenvalue weighted by Crippen LogP contribution is -2.23. The Morgan fingerprint density at radius 2 is 1.86 bits per heavy atom. The first-order chi connectivity index (χ1) is 9.88. The van der Waals surface area contributed by atoms with Crippen LogP contribution in [0.15, 0.2) is 12.1 Å². The van der Waals surface area contributed by atoms with E-state index in [1.165, 1.54) is 20.3 Å². The topological polar surface area (TPSA) is 76.9 Å². The van der Waals surface area contributed by atoms with E-state index < -0.39 is 4.92 Å². The molecule has 7 nitrogen and oxygen atoms in total. The van der Waals surface area contributed by atoms with Gasteiger partial charge in [0.25, 0.3) is 5.69 Å². The van der Waals surface area contributed by atoms with E-state index in [9.17, 15) is 10.1 Å². The van der Waals surface area contributed by atoms with Crippen LogP contribution >= 0.6 is 0 Å². The number of nitro groups is 1. The molecule has 0 heterocycles. The third kappa shape index (κ3) is 4.78.